The quantitative estimate of drug-likeness (QED) is 0.691. The highest BCUT2D eigenvalue weighted by molar-refractivity contribution is 5.77. The monoisotopic (exact) mass is 266 g/mol. The molecule has 4 heteroatoms. The Morgan fingerprint density at radius 2 is 1.00 bits per heavy atom. The second-order valence-corrected chi connectivity index (χ2v) is 5.74. The van der Waals surface area contributed by atoms with Crippen LogP contribution in [-0.2, 0) is 9.59 Å². The summed E-state index contributed by atoms with van der Waals surface area (Å²) in [5.41, 5.74) is 0. The molecule has 2 aliphatic rings. The first-order chi connectivity index (χ1) is 9.27. The third-order valence-corrected chi connectivity index (χ3v) is 4.20. The minimum Gasteiger partial charge on any atom is -0.343 e. The molecule has 0 radical (unpaired) electrons. The van der Waals surface area contributed by atoms with Crippen molar-refractivity contribution in [3.63, 3.8) is 0 Å². The Kier molecular flexibility index (Phi) is 5.67. The van der Waals surface area contributed by atoms with Crippen molar-refractivity contribution < 1.29 is 9.59 Å². The van der Waals surface area contributed by atoms with E-state index >= 15 is 0 Å². The number of likely N-dealkylation sites (tertiary alicyclic amines) is 2. The molecule has 0 spiro atoms. The molecule has 108 valence electrons. The molecule has 19 heavy (non-hydrogen) atoms. The molecule has 0 atom stereocenters. The second kappa shape index (κ2) is 7.51. The van der Waals surface area contributed by atoms with Crippen molar-refractivity contribution in [3.05, 3.63) is 0 Å². The van der Waals surface area contributed by atoms with Crippen LogP contribution in [0, 0.1) is 0 Å². The second-order valence-electron chi connectivity index (χ2n) is 5.74. The average molecular weight is 266 g/mol. The molecule has 2 fully saturated rings. The van der Waals surface area contributed by atoms with Crippen molar-refractivity contribution in [1.29, 1.82) is 0 Å². The van der Waals surface area contributed by atoms with Crippen LogP contribution in [0.25, 0.3) is 0 Å². The van der Waals surface area contributed by atoms with Crippen molar-refractivity contribution in [2.24, 2.45) is 0 Å². The van der Waals surface area contributed by atoms with Crippen LogP contribution in [-0.4, -0.2) is 47.8 Å². The van der Waals surface area contributed by atoms with E-state index in [1.165, 1.54) is 0 Å². The van der Waals surface area contributed by atoms with Crippen molar-refractivity contribution in [2.75, 3.05) is 26.2 Å². The van der Waals surface area contributed by atoms with E-state index < -0.39 is 0 Å². The molecule has 2 saturated heterocycles. The predicted molar refractivity (Wildman–Crippen MR) is 74.7 cm³/mol. The summed E-state index contributed by atoms with van der Waals surface area (Å²) in [5, 5.41) is 0. The van der Waals surface area contributed by atoms with Gasteiger partial charge in [-0.2, -0.15) is 0 Å². The molecule has 0 saturated carbocycles. The zero-order valence-corrected chi connectivity index (χ0v) is 11.9. The number of carbonyl (C=O) groups is 2. The van der Waals surface area contributed by atoms with E-state index in [4.69, 9.17) is 0 Å². The molecule has 2 rings (SSSR count). The number of rotatable bonds is 6. The zero-order valence-electron chi connectivity index (χ0n) is 11.9. The van der Waals surface area contributed by atoms with Crippen LogP contribution in [0.2, 0.25) is 0 Å². The smallest absolute Gasteiger partial charge is 0.222 e. The summed E-state index contributed by atoms with van der Waals surface area (Å²) in [5.74, 6) is 0.617. The Morgan fingerprint density at radius 3 is 1.37 bits per heavy atom. The van der Waals surface area contributed by atoms with E-state index in [-0.39, 0.29) is 0 Å². The van der Waals surface area contributed by atoms with Gasteiger partial charge in [0.05, 0.1) is 0 Å². The molecule has 0 unspecified atom stereocenters. The van der Waals surface area contributed by atoms with Crippen LogP contribution < -0.4 is 0 Å². The van der Waals surface area contributed by atoms with E-state index in [1.54, 1.807) is 0 Å². The van der Waals surface area contributed by atoms with Gasteiger partial charge in [0.1, 0.15) is 0 Å². The van der Waals surface area contributed by atoms with Gasteiger partial charge in [-0.1, -0.05) is 6.42 Å². The Balaban J connectivity index is 1.49. The highest BCUT2D eigenvalue weighted by atomic mass is 16.2. The molecular formula is C15H26N2O2. The third kappa shape index (κ3) is 4.51. The molecular weight excluding hydrogens is 240 g/mol. The van der Waals surface area contributed by atoms with Gasteiger partial charge in [0.25, 0.3) is 0 Å². The molecule has 0 aromatic carbocycles. The fourth-order valence-electron chi connectivity index (χ4n) is 2.98. The van der Waals surface area contributed by atoms with Crippen molar-refractivity contribution >= 4 is 11.8 Å². The summed E-state index contributed by atoms with van der Waals surface area (Å²) in [7, 11) is 0. The lowest BCUT2D eigenvalue weighted by molar-refractivity contribution is -0.130. The van der Waals surface area contributed by atoms with Crippen molar-refractivity contribution in [1.82, 2.24) is 9.80 Å². The van der Waals surface area contributed by atoms with E-state index in [0.717, 1.165) is 71.1 Å². The molecule has 0 aromatic rings. The number of unbranched alkanes of at least 4 members (excludes halogenated alkanes) is 2. The minimum atomic E-state index is 0.309. The van der Waals surface area contributed by atoms with Crippen molar-refractivity contribution in [3.8, 4) is 0 Å². The largest absolute Gasteiger partial charge is 0.343 e. The fraction of sp³-hybridized carbons (Fsp3) is 0.867. The Morgan fingerprint density at radius 1 is 0.632 bits per heavy atom. The van der Waals surface area contributed by atoms with Crippen LogP contribution in [0.4, 0.5) is 0 Å². The highest BCUT2D eigenvalue weighted by Crippen LogP contribution is 2.13. The van der Waals surface area contributed by atoms with Crippen LogP contribution in [0.5, 0.6) is 0 Å². The maximum Gasteiger partial charge on any atom is 0.222 e. The van der Waals surface area contributed by atoms with Gasteiger partial charge < -0.3 is 9.80 Å². The average Bonchev–Trinajstić information content (AvgIpc) is 3.10. The molecule has 0 aromatic heterocycles. The van der Waals surface area contributed by atoms with Gasteiger partial charge in [-0.15, -0.1) is 0 Å². The fourth-order valence-corrected chi connectivity index (χ4v) is 2.98. The number of hydrogen-bond donors (Lipinski definition) is 0. The normalized spacial score (nSPS) is 19.2. The lowest BCUT2D eigenvalue weighted by Crippen LogP contribution is -2.27. The van der Waals surface area contributed by atoms with E-state index in [9.17, 15) is 9.59 Å². The first-order valence-corrected chi connectivity index (χ1v) is 7.83. The van der Waals surface area contributed by atoms with Gasteiger partial charge in [0, 0.05) is 39.0 Å². The van der Waals surface area contributed by atoms with Gasteiger partial charge in [0.2, 0.25) is 11.8 Å². The lowest BCUT2D eigenvalue weighted by Gasteiger charge is -2.16. The zero-order chi connectivity index (χ0) is 13.5. The topological polar surface area (TPSA) is 40.6 Å². The molecule has 4 nitrogen and oxygen atoms in total. The van der Waals surface area contributed by atoms with Gasteiger partial charge in [-0.3, -0.25) is 9.59 Å². The summed E-state index contributed by atoms with van der Waals surface area (Å²) in [6.45, 7) is 3.80. The summed E-state index contributed by atoms with van der Waals surface area (Å²) in [4.78, 5) is 27.6. The highest BCUT2D eigenvalue weighted by Gasteiger charge is 2.18. The summed E-state index contributed by atoms with van der Waals surface area (Å²) in [6, 6.07) is 0. The van der Waals surface area contributed by atoms with E-state index in [0.29, 0.717) is 24.7 Å². The van der Waals surface area contributed by atoms with Crippen LogP contribution >= 0.6 is 0 Å². The standard InChI is InChI=1S/C15H26N2O2/c18-14(16-10-4-5-11-16)8-2-1-3-9-15(19)17-12-6-7-13-17/h1-13H2. The van der Waals surface area contributed by atoms with Crippen LogP contribution in [0.3, 0.4) is 0 Å². The predicted octanol–water partition coefficient (Wildman–Crippen LogP) is 2.18. The van der Waals surface area contributed by atoms with Gasteiger partial charge in [0.15, 0.2) is 0 Å². The SMILES string of the molecule is O=C(CCCCCC(=O)N1CCCC1)N1CCCC1. The van der Waals surface area contributed by atoms with Gasteiger partial charge in [-0.05, 0) is 38.5 Å². The minimum absolute atomic E-state index is 0.309. The molecule has 0 N–H and O–H groups in total. The molecule has 2 aliphatic heterocycles. The lowest BCUT2D eigenvalue weighted by atomic mass is 10.1. The number of hydrogen-bond acceptors (Lipinski definition) is 2. The van der Waals surface area contributed by atoms with Crippen LogP contribution in [0.15, 0.2) is 0 Å². The maximum absolute atomic E-state index is 11.8. The Hall–Kier alpha value is -1.06. The number of amides is 2. The van der Waals surface area contributed by atoms with E-state index in [2.05, 4.69) is 0 Å². The summed E-state index contributed by atoms with van der Waals surface area (Å²) >= 11 is 0. The Labute approximate surface area is 116 Å². The number of carbonyl (C=O) groups excluding carboxylic acids is 2. The van der Waals surface area contributed by atoms with Crippen molar-refractivity contribution in [2.45, 2.75) is 57.8 Å². The summed E-state index contributed by atoms with van der Waals surface area (Å²) in [6.07, 6.45) is 8.85. The van der Waals surface area contributed by atoms with Gasteiger partial charge in [-0.25, -0.2) is 0 Å². The first-order valence-electron chi connectivity index (χ1n) is 7.83. The van der Waals surface area contributed by atoms with Crippen LogP contribution in [0.1, 0.15) is 57.8 Å². The van der Waals surface area contributed by atoms with Gasteiger partial charge >= 0.3 is 0 Å². The molecule has 0 bridgehead atoms. The molecule has 2 amide bonds. The number of nitrogens with zero attached hydrogens (tertiary/aromatic N) is 2. The summed E-state index contributed by atoms with van der Waals surface area (Å²) < 4.78 is 0. The molecule has 0 aliphatic carbocycles. The molecule has 2 heterocycles. The Bertz CT molecular complexity index is 275. The first kappa shape index (κ1) is 14.4. The third-order valence-electron chi connectivity index (χ3n) is 4.20. The maximum atomic E-state index is 11.8. The van der Waals surface area contributed by atoms with E-state index in [1.807, 2.05) is 9.80 Å².